The molecule has 1 atom stereocenters. The van der Waals surface area contributed by atoms with Gasteiger partial charge in [-0.2, -0.15) is 0 Å². The lowest BCUT2D eigenvalue weighted by atomic mass is 10.1. The van der Waals surface area contributed by atoms with Crippen LogP contribution < -0.4 is 5.32 Å². The van der Waals surface area contributed by atoms with Gasteiger partial charge in [0.15, 0.2) is 0 Å². The zero-order valence-electron chi connectivity index (χ0n) is 14.9. The van der Waals surface area contributed by atoms with Crippen molar-refractivity contribution in [1.82, 2.24) is 14.9 Å². The predicted octanol–water partition coefficient (Wildman–Crippen LogP) is 4.26. The van der Waals surface area contributed by atoms with Crippen molar-refractivity contribution in [3.8, 4) is 0 Å². The van der Waals surface area contributed by atoms with Crippen LogP contribution in [-0.4, -0.2) is 15.5 Å². The summed E-state index contributed by atoms with van der Waals surface area (Å²) < 4.78 is 2.24. The zero-order valence-corrected chi connectivity index (χ0v) is 14.9. The van der Waals surface area contributed by atoms with Crippen LogP contribution in [0.4, 0.5) is 0 Å². The average Bonchev–Trinajstić information content (AvgIpc) is 2.99. The van der Waals surface area contributed by atoms with E-state index in [-0.39, 0.29) is 11.9 Å². The van der Waals surface area contributed by atoms with Crippen molar-refractivity contribution < 1.29 is 4.79 Å². The fourth-order valence-electron chi connectivity index (χ4n) is 3.11. The number of para-hydroxylation sites is 2. The summed E-state index contributed by atoms with van der Waals surface area (Å²) in [6.07, 6.45) is 2.61. The molecule has 4 nitrogen and oxygen atoms in total. The molecule has 0 saturated heterocycles. The van der Waals surface area contributed by atoms with Gasteiger partial charge in [0.05, 0.1) is 23.5 Å². The molecule has 0 radical (unpaired) electrons. The standard InChI is InChI=1S/C21H25N3O/c1-3-4-14-24-19-13-9-8-12-18(19)23-21(24)16(2)22-20(25)15-17-10-6-5-7-11-17/h5-13,16H,3-4,14-15H2,1-2H3,(H,22,25). The summed E-state index contributed by atoms with van der Waals surface area (Å²) in [7, 11) is 0. The van der Waals surface area contributed by atoms with E-state index in [0.717, 1.165) is 41.8 Å². The van der Waals surface area contributed by atoms with E-state index < -0.39 is 0 Å². The molecule has 0 fully saturated rings. The Morgan fingerprint density at radius 1 is 1.12 bits per heavy atom. The number of fused-ring (bicyclic) bond motifs is 1. The third-order valence-electron chi connectivity index (χ3n) is 4.39. The van der Waals surface area contributed by atoms with Gasteiger partial charge in [-0.15, -0.1) is 0 Å². The number of amides is 1. The topological polar surface area (TPSA) is 46.9 Å². The lowest BCUT2D eigenvalue weighted by molar-refractivity contribution is -0.121. The van der Waals surface area contributed by atoms with E-state index in [1.54, 1.807) is 0 Å². The van der Waals surface area contributed by atoms with Crippen molar-refractivity contribution in [3.63, 3.8) is 0 Å². The Hall–Kier alpha value is -2.62. The van der Waals surface area contributed by atoms with E-state index >= 15 is 0 Å². The molecule has 2 aromatic carbocycles. The molecule has 3 aromatic rings. The van der Waals surface area contributed by atoms with Gasteiger partial charge in [0, 0.05) is 6.54 Å². The van der Waals surface area contributed by atoms with Crippen LogP contribution in [-0.2, 0) is 17.8 Å². The number of aryl methyl sites for hydroxylation is 1. The number of hydrogen-bond donors (Lipinski definition) is 1. The monoisotopic (exact) mass is 335 g/mol. The quantitative estimate of drug-likeness (QED) is 0.701. The summed E-state index contributed by atoms with van der Waals surface area (Å²) >= 11 is 0. The summed E-state index contributed by atoms with van der Waals surface area (Å²) in [4.78, 5) is 17.2. The minimum atomic E-state index is -0.125. The first-order valence-corrected chi connectivity index (χ1v) is 8.97. The van der Waals surface area contributed by atoms with Crippen LogP contribution in [0.15, 0.2) is 54.6 Å². The van der Waals surface area contributed by atoms with E-state index in [1.165, 1.54) is 0 Å². The van der Waals surface area contributed by atoms with Crippen LogP contribution in [0.1, 0.15) is 44.1 Å². The van der Waals surface area contributed by atoms with E-state index in [1.807, 2.05) is 55.5 Å². The summed E-state index contributed by atoms with van der Waals surface area (Å²) in [5.41, 5.74) is 3.14. The molecule has 130 valence electrons. The van der Waals surface area contributed by atoms with Crippen LogP contribution in [0.3, 0.4) is 0 Å². The maximum atomic E-state index is 12.4. The number of nitrogens with zero attached hydrogens (tertiary/aromatic N) is 2. The van der Waals surface area contributed by atoms with Crippen molar-refractivity contribution in [2.45, 2.75) is 45.7 Å². The van der Waals surface area contributed by atoms with Crippen LogP contribution in [0.25, 0.3) is 11.0 Å². The Labute approximate surface area is 148 Å². The minimum Gasteiger partial charge on any atom is -0.346 e. The second-order valence-corrected chi connectivity index (χ2v) is 6.42. The summed E-state index contributed by atoms with van der Waals surface area (Å²) in [5, 5.41) is 3.10. The third kappa shape index (κ3) is 4.08. The summed E-state index contributed by atoms with van der Waals surface area (Å²) in [6.45, 7) is 5.11. The predicted molar refractivity (Wildman–Crippen MR) is 101 cm³/mol. The highest BCUT2D eigenvalue weighted by Crippen LogP contribution is 2.21. The van der Waals surface area contributed by atoms with Gasteiger partial charge >= 0.3 is 0 Å². The lowest BCUT2D eigenvalue weighted by Crippen LogP contribution is -2.30. The van der Waals surface area contributed by atoms with Crippen molar-refractivity contribution >= 4 is 16.9 Å². The van der Waals surface area contributed by atoms with Crippen LogP contribution >= 0.6 is 0 Å². The molecular formula is C21H25N3O. The summed E-state index contributed by atoms with van der Waals surface area (Å²) in [5.74, 6) is 0.948. The Morgan fingerprint density at radius 2 is 1.84 bits per heavy atom. The highest BCUT2D eigenvalue weighted by Gasteiger charge is 2.18. The highest BCUT2D eigenvalue weighted by molar-refractivity contribution is 5.79. The molecule has 0 spiro atoms. The molecule has 1 aromatic heterocycles. The van der Waals surface area contributed by atoms with Gasteiger partial charge < -0.3 is 9.88 Å². The first kappa shape index (κ1) is 17.2. The Bertz CT molecular complexity index is 839. The molecule has 1 amide bonds. The van der Waals surface area contributed by atoms with Gasteiger partial charge in [-0.25, -0.2) is 4.98 Å². The number of hydrogen-bond acceptors (Lipinski definition) is 2. The van der Waals surface area contributed by atoms with E-state index in [2.05, 4.69) is 22.9 Å². The molecule has 1 heterocycles. The number of aromatic nitrogens is 2. The lowest BCUT2D eigenvalue weighted by Gasteiger charge is -2.16. The normalized spacial score (nSPS) is 12.2. The van der Waals surface area contributed by atoms with Gasteiger partial charge in [0.25, 0.3) is 0 Å². The van der Waals surface area contributed by atoms with Crippen molar-refractivity contribution in [2.75, 3.05) is 0 Å². The number of carbonyl (C=O) groups excluding carboxylic acids is 1. The van der Waals surface area contributed by atoms with Gasteiger partial charge in [0.1, 0.15) is 5.82 Å². The van der Waals surface area contributed by atoms with Gasteiger partial charge in [0.2, 0.25) is 5.91 Å². The van der Waals surface area contributed by atoms with Crippen LogP contribution in [0.5, 0.6) is 0 Å². The average molecular weight is 335 g/mol. The first-order chi connectivity index (χ1) is 12.2. The molecule has 0 aliphatic rings. The van der Waals surface area contributed by atoms with E-state index in [4.69, 9.17) is 4.98 Å². The Morgan fingerprint density at radius 3 is 2.60 bits per heavy atom. The summed E-state index contributed by atoms with van der Waals surface area (Å²) in [6, 6.07) is 17.9. The Balaban J connectivity index is 1.78. The second kappa shape index (κ2) is 7.97. The maximum absolute atomic E-state index is 12.4. The number of unbranched alkanes of at least 4 members (excludes halogenated alkanes) is 1. The zero-order chi connectivity index (χ0) is 17.6. The van der Waals surface area contributed by atoms with Gasteiger partial charge in [-0.05, 0) is 31.0 Å². The fourth-order valence-corrected chi connectivity index (χ4v) is 3.11. The number of carbonyl (C=O) groups is 1. The largest absolute Gasteiger partial charge is 0.346 e. The Kier molecular flexibility index (Phi) is 5.49. The molecule has 1 N–H and O–H groups in total. The molecule has 4 heteroatoms. The van der Waals surface area contributed by atoms with Crippen LogP contribution in [0, 0.1) is 0 Å². The first-order valence-electron chi connectivity index (χ1n) is 8.97. The number of nitrogens with one attached hydrogen (secondary N) is 1. The van der Waals surface area contributed by atoms with Crippen LogP contribution in [0.2, 0.25) is 0 Å². The smallest absolute Gasteiger partial charge is 0.224 e. The minimum absolute atomic E-state index is 0.0211. The highest BCUT2D eigenvalue weighted by atomic mass is 16.1. The molecule has 25 heavy (non-hydrogen) atoms. The third-order valence-corrected chi connectivity index (χ3v) is 4.39. The number of rotatable bonds is 7. The molecule has 0 aliphatic heterocycles. The van der Waals surface area contributed by atoms with E-state index in [9.17, 15) is 4.79 Å². The van der Waals surface area contributed by atoms with Gasteiger partial charge in [-0.3, -0.25) is 4.79 Å². The molecule has 1 unspecified atom stereocenters. The second-order valence-electron chi connectivity index (χ2n) is 6.42. The molecule has 3 rings (SSSR count). The fraction of sp³-hybridized carbons (Fsp3) is 0.333. The molecular weight excluding hydrogens is 310 g/mol. The molecule has 0 aliphatic carbocycles. The number of imidazole rings is 1. The van der Waals surface area contributed by atoms with Crippen molar-refractivity contribution in [1.29, 1.82) is 0 Å². The SMILES string of the molecule is CCCCn1c(C(C)NC(=O)Cc2ccccc2)nc2ccccc21. The van der Waals surface area contributed by atoms with Gasteiger partial charge in [-0.1, -0.05) is 55.8 Å². The molecule has 0 bridgehead atoms. The van der Waals surface area contributed by atoms with E-state index in [0.29, 0.717) is 6.42 Å². The maximum Gasteiger partial charge on any atom is 0.224 e. The number of benzene rings is 2. The van der Waals surface area contributed by atoms with Crippen molar-refractivity contribution in [3.05, 3.63) is 66.0 Å². The van der Waals surface area contributed by atoms with Crippen molar-refractivity contribution in [2.24, 2.45) is 0 Å². The molecule has 0 saturated carbocycles.